The highest BCUT2D eigenvalue weighted by molar-refractivity contribution is 7.89. The minimum Gasteiger partial charge on any atom is -0.383 e. The smallest absolute Gasteiger partial charge is 0.216 e. The molecule has 0 atom stereocenters. The minimum absolute atomic E-state index is 0.362. The molecule has 12 heavy (non-hydrogen) atoms. The van der Waals surface area contributed by atoms with E-state index in [0.29, 0.717) is 13.2 Å². The number of hydrogen-bond acceptors (Lipinski definition) is 3. The predicted molar refractivity (Wildman–Crippen MR) is 48.6 cm³/mol. The molecule has 0 saturated heterocycles. The van der Waals surface area contributed by atoms with Crippen molar-refractivity contribution in [3.63, 3.8) is 0 Å². The zero-order valence-electron chi connectivity index (χ0n) is 8.07. The lowest BCUT2D eigenvalue weighted by atomic mass is 10.6. The quantitative estimate of drug-likeness (QED) is 0.634. The molecule has 0 aromatic carbocycles. The Morgan fingerprint density at radius 2 is 1.92 bits per heavy atom. The van der Waals surface area contributed by atoms with Gasteiger partial charge in [-0.1, -0.05) is 0 Å². The maximum Gasteiger partial charge on any atom is 0.216 e. The first-order chi connectivity index (χ1) is 5.42. The molecule has 0 saturated carbocycles. The van der Waals surface area contributed by atoms with E-state index in [-0.39, 0.29) is 5.25 Å². The monoisotopic (exact) mass is 195 g/mol. The van der Waals surface area contributed by atoms with Crippen LogP contribution in [0.1, 0.15) is 13.8 Å². The van der Waals surface area contributed by atoms with E-state index in [0.717, 1.165) is 0 Å². The summed E-state index contributed by atoms with van der Waals surface area (Å²) >= 11 is 0. The van der Waals surface area contributed by atoms with Crippen LogP contribution in [-0.4, -0.2) is 45.3 Å². The fraction of sp³-hybridized carbons (Fsp3) is 1.00. The molecule has 0 aliphatic rings. The number of sulfonamides is 1. The van der Waals surface area contributed by atoms with E-state index in [9.17, 15) is 8.42 Å². The topological polar surface area (TPSA) is 46.6 Å². The van der Waals surface area contributed by atoms with Crippen molar-refractivity contribution in [2.45, 2.75) is 19.1 Å². The second-order valence-electron chi connectivity index (χ2n) is 2.91. The summed E-state index contributed by atoms with van der Waals surface area (Å²) in [5.74, 6) is 0. The molecule has 0 fully saturated rings. The molecule has 4 nitrogen and oxygen atoms in total. The van der Waals surface area contributed by atoms with Crippen LogP contribution >= 0.6 is 0 Å². The van der Waals surface area contributed by atoms with Gasteiger partial charge in [-0.25, -0.2) is 12.7 Å². The number of likely N-dealkylation sites (N-methyl/N-ethyl adjacent to an activating group) is 1. The average molecular weight is 195 g/mol. The summed E-state index contributed by atoms with van der Waals surface area (Å²) in [6.45, 7) is 4.18. The van der Waals surface area contributed by atoms with Gasteiger partial charge in [0.05, 0.1) is 11.9 Å². The highest BCUT2D eigenvalue weighted by Gasteiger charge is 2.21. The van der Waals surface area contributed by atoms with Crippen molar-refractivity contribution in [2.24, 2.45) is 0 Å². The molecular formula is C7H17NO3S. The van der Waals surface area contributed by atoms with Crippen molar-refractivity contribution in [1.29, 1.82) is 0 Å². The van der Waals surface area contributed by atoms with Crippen molar-refractivity contribution < 1.29 is 13.2 Å². The van der Waals surface area contributed by atoms with Crippen LogP contribution in [-0.2, 0) is 14.8 Å². The van der Waals surface area contributed by atoms with Crippen molar-refractivity contribution >= 4 is 10.0 Å². The Hall–Kier alpha value is -0.130. The van der Waals surface area contributed by atoms with Gasteiger partial charge in [0.2, 0.25) is 10.0 Å². The van der Waals surface area contributed by atoms with Crippen molar-refractivity contribution in [3.8, 4) is 0 Å². The SMILES string of the molecule is COCCN(C)S(=O)(=O)C(C)C. The summed E-state index contributed by atoms with van der Waals surface area (Å²) < 4.78 is 28.9. The molecule has 0 aliphatic heterocycles. The lowest BCUT2D eigenvalue weighted by Crippen LogP contribution is -2.35. The van der Waals surface area contributed by atoms with Crippen LogP contribution in [0.25, 0.3) is 0 Å². The normalized spacial score (nSPS) is 12.8. The lowest BCUT2D eigenvalue weighted by Gasteiger charge is -2.18. The van der Waals surface area contributed by atoms with Crippen LogP contribution in [0.5, 0.6) is 0 Å². The molecule has 0 aromatic heterocycles. The van der Waals surface area contributed by atoms with Gasteiger partial charge in [-0.15, -0.1) is 0 Å². The molecule has 0 N–H and O–H groups in total. The van der Waals surface area contributed by atoms with Crippen LogP contribution in [0.2, 0.25) is 0 Å². The van der Waals surface area contributed by atoms with Crippen LogP contribution in [0.3, 0.4) is 0 Å². The zero-order valence-corrected chi connectivity index (χ0v) is 8.89. The van der Waals surface area contributed by atoms with Crippen LogP contribution in [0, 0.1) is 0 Å². The van der Waals surface area contributed by atoms with Gasteiger partial charge in [0.15, 0.2) is 0 Å². The lowest BCUT2D eigenvalue weighted by molar-refractivity contribution is 0.185. The fourth-order valence-electron chi connectivity index (χ4n) is 0.707. The molecule has 0 radical (unpaired) electrons. The summed E-state index contributed by atoms with van der Waals surface area (Å²) in [6, 6.07) is 0. The third kappa shape index (κ3) is 3.08. The Morgan fingerprint density at radius 3 is 2.25 bits per heavy atom. The predicted octanol–water partition coefficient (Wildman–Crippen LogP) is 0.303. The molecule has 0 rings (SSSR count). The summed E-state index contributed by atoms with van der Waals surface area (Å²) in [4.78, 5) is 0. The van der Waals surface area contributed by atoms with E-state index < -0.39 is 10.0 Å². The number of ether oxygens (including phenoxy) is 1. The second-order valence-corrected chi connectivity index (χ2v) is 5.50. The maximum atomic E-state index is 11.4. The number of methoxy groups -OCH3 is 1. The molecule has 0 heterocycles. The first kappa shape index (κ1) is 11.9. The molecule has 0 unspecified atom stereocenters. The molecule has 0 amide bonds. The van der Waals surface area contributed by atoms with Gasteiger partial charge in [-0.2, -0.15) is 0 Å². The highest BCUT2D eigenvalue weighted by atomic mass is 32.2. The summed E-state index contributed by atoms with van der Waals surface area (Å²) in [5, 5.41) is -0.362. The third-order valence-corrected chi connectivity index (χ3v) is 3.88. The van der Waals surface area contributed by atoms with Gasteiger partial charge in [0.1, 0.15) is 0 Å². The number of rotatable bonds is 5. The Labute approximate surface area is 74.6 Å². The standard InChI is InChI=1S/C7H17NO3S/c1-7(2)12(9,10)8(3)5-6-11-4/h7H,5-6H2,1-4H3. The Bertz CT molecular complexity index is 211. The van der Waals surface area contributed by atoms with Crippen LogP contribution in [0.4, 0.5) is 0 Å². The van der Waals surface area contributed by atoms with Crippen LogP contribution < -0.4 is 0 Å². The Kier molecular flexibility index (Phi) is 4.74. The van der Waals surface area contributed by atoms with Gasteiger partial charge in [0.25, 0.3) is 0 Å². The van der Waals surface area contributed by atoms with Crippen molar-refractivity contribution in [3.05, 3.63) is 0 Å². The zero-order chi connectivity index (χ0) is 9.78. The molecule has 0 bridgehead atoms. The van der Waals surface area contributed by atoms with Crippen molar-refractivity contribution in [2.75, 3.05) is 27.3 Å². The van der Waals surface area contributed by atoms with E-state index in [2.05, 4.69) is 0 Å². The maximum absolute atomic E-state index is 11.4. The largest absolute Gasteiger partial charge is 0.383 e. The van der Waals surface area contributed by atoms with E-state index in [1.807, 2.05) is 0 Å². The van der Waals surface area contributed by atoms with Gasteiger partial charge < -0.3 is 4.74 Å². The fourth-order valence-corrected chi connectivity index (χ4v) is 1.76. The molecule has 5 heteroatoms. The average Bonchev–Trinajstić information content (AvgIpc) is 1.99. The van der Waals surface area contributed by atoms with Gasteiger partial charge in [-0.05, 0) is 13.8 Å². The third-order valence-electron chi connectivity index (χ3n) is 1.64. The number of hydrogen-bond donors (Lipinski definition) is 0. The summed E-state index contributed by atoms with van der Waals surface area (Å²) in [6.07, 6.45) is 0. The molecule has 74 valence electrons. The molecule has 0 aliphatic carbocycles. The van der Waals surface area contributed by atoms with Gasteiger partial charge in [-0.3, -0.25) is 0 Å². The van der Waals surface area contributed by atoms with E-state index >= 15 is 0 Å². The highest BCUT2D eigenvalue weighted by Crippen LogP contribution is 2.04. The Balaban J connectivity index is 4.17. The van der Waals surface area contributed by atoms with Crippen LogP contribution in [0.15, 0.2) is 0 Å². The second kappa shape index (κ2) is 4.79. The summed E-state index contributed by atoms with van der Waals surface area (Å²) in [7, 11) is 0.0195. The first-order valence-corrected chi connectivity index (χ1v) is 5.37. The van der Waals surface area contributed by atoms with E-state index in [1.54, 1.807) is 28.0 Å². The molecular weight excluding hydrogens is 178 g/mol. The Morgan fingerprint density at radius 1 is 1.42 bits per heavy atom. The first-order valence-electron chi connectivity index (χ1n) is 3.87. The van der Waals surface area contributed by atoms with Gasteiger partial charge >= 0.3 is 0 Å². The van der Waals surface area contributed by atoms with E-state index in [1.165, 1.54) is 4.31 Å². The number of nitrogens with zero attached hydrogens (tertiary/aromatic N) is 1. The molecule has 0 spiro atoms. The molecule has 0 aromatic rings. The van der Waals surface area contributed by atoms with Crippen molar-refractivity contribution in [1.82, 2.24) is 4.31 Å². The summed E-state index contributed by atoms with van der Waals surface area (Å²) in [5.41, 5.74) is 0. The minimum atomic E-state index is -3.10. The van der Waals surface area contributed by atoms with Gasteiger partial charge in [0, 0.05) is 20.7 Å². The van der Waals surface area contributed by atoms with E-state index in [4.69, 9.17) is 4.74 Å².